The Morgan fingerprint density at radius 2 is 1.97 bits per heavy atom. The molecule has 0 radical (unpaired) electrons. The molecule has 2 aromatic rings. The summed E-state index contributed by atoms with van der Waals surface area (Å²) in [6.45, 7) is 5.04. The van der Waals surface area contributed by atoms with Crippen LogP contribution in [0.5, 0.6) is 5.75 Å². The number of para-hydroxylation sites is 2. The molecule has 0 spiro atoms. The van der Waals surface area contributed by atoms with E-state index in [4.69, 9.17) is 4.74 Å². The highest BCUT2D eigenvalue weighted by atomic mass is 16.5. The summed E-state index contributed by atoms with van der Waals surface area (Å²) in [5.74, 6) is 3.66. The number of hydrogen-bond acceptors (Lipinski definition) is 7. The van der Waals surface area contributed by atoms with Crippen LogP contribution in [0.4, 0.5) is 17.3 Å². The van der Waals surface area contributed by atoms with Crippen LogP contribution in [0.1, 0.15) is 19.3 Å². The molecule has 3 heterocycles. The molecule has 29 heavy (non-hydrogen) atoms. The first-order valence-corrected chi connectivity index (χ1v) is 10.6. The van der Waals surface area contributed by atoms with Gasteiger partial charge in [0.15, 0.2) is 0 Å². The van der Waals surface area contributed by atoms with Gasteiger partial charge in [-0.05, 0) is 43.2 Å². The van der Waals surface area contributed by atoms with Crippen molar-refractivity contribution in [1.82, 2.24) is 9.97 Å². The normalized spacial score (nSPS) is 22.0. The number of rotatable bonds is 7. The molecule has 2 N–H and O–H groups in total. The molecule has 0 aliphatic carbocycles. The summed E-state index contributed by atoms with van der Waals surface area (Å²) in [5.41, 5.74) is 1.17. The first-order chi connectivity index (χ1) is 14.3. The first-order valence-electron chi connectivity index (χ1n) is 10.6. The minimum atomic E-state index is 0.247. The van der Waals surface area contributed by atoms with E-state index < -0.39 is 0 Å². The smallest absolute Gasteiger partial charge is 0.142 e. The minimum Gasteiger partial charge on any atom is -0.495 e. The van der Waals surface area contributed by atoms with Crippen molar-refractivity contribution in [2.45, 2.75) is 19.3 Å². The Kier molecular flexibility index (Phi) is 6.34. The molecule has 2 fully saturated rings. The number of nitrogens with zero attached hydrogens (tertiary/aromatic N) is 4. The van der Waals surface area contributed by atoms with Crippen LogP contribution in [0.2, 0.25) is 0 Å². The summed E-state index contributed by atoms with van der Waals surface area (Å²) in [7, 11) is 1.73. The number of methoxy groups -OCH3 is 1. The van der Waals surface area contributed by atoms with Crippen LogP contribution >= 0.6 is 0 Å². The third-order valence-electron chi connectivity index (χ3n) is 6.04. The summed E-state index contributed by atoms with van der Waals surface area (Å²) in [5, 5.41) is 13.0. The van der Waals surface area contributed by atoms with Crippen LogP contribution in [0.25, 0.3) is 0 Å². The average molecular weight is 398 g/mol. The van der Waals surface area contributed by atoms with Gasteiger partial charge in [-0.25, -0.2) is 9.97 Å². The molecule has 0 amide bonds. The zero-order valence-electron chi connectivity index (χ0n) is 17.1. The van der Waals surface area contributed by atoms with Crippen molar-refractivity contribution >= 4 is 17.3 Å². The summed E-state index contributed by atoms with van der Waals surface area (Å²) in [6, 6.07) is 10.3. The Balaban J connectivity index is 1.33. The molecular weight excluding hydrogens is 366 g/mol. The van der Waals surface area contributed by atoms with E-state index in [0.29, 0.717) is 11.8 Å². The van der Waals surface area contributed by atoms with Crippen LogP contribution in [-0.4, -0.2) is 61.5 Å². The van der Waals surface area contributed by atoms with Gasteiger partial charge in [0.1, 0.15) is 23.7 Å². The topological polar surface area (TPSA) is 73.8 Å². The second-order valence-corrected chi connectivity index (χ2v) is 8.05. The van der Waals surface area contributed by atoms with Gasteiger partial charge in [-0.1, -0.05) is 12.1 Å². The number of aliphatic hydroxyl groups excluding tert-OH is 1. The maximum Gasteiger partial charge on any atom is 0.142 e. The molecule has 2 aliphatic heterocycles. The lowest BCUT2D eigenvalue weighted by Gasteiger charge is -2.32. The van der Waals surface area contributed by atoms with Crippen LogP contribution in [0.3, 0.4) is 0 Å². The van der Waals surface area contributed by atoms with Gasteiger partial charge < -0.3 is 25.0 Å². The van der Waals surface area contributed by atoms with E-state index in [1.807, 2.05) is 18.2 Å². The largest absolute Gasteiger partial charge is 0.495 e. The number of aromatic nitrogens is 2. The third-order valence-corrected chi connectivity index (χ3v) is 6.04. The molecule has 1 aromatic heterocycles. The van der Waals surface area contributed by atoms with Gasteiger partial charge in [-0.15, -0.1) is 0 Å². The molecule has 2 saturated heterocycles. The number of anilines is 3. The van der Waals surface area contributed by atoms with Gasteiger partial charge in [0.05, 0.1) is 12.8 Å². The number of ether oxygens (including phenoxy) is 1. The molecule has 0 saturated carbocycles. The van der Waals surface area contributed by atoms with Crippen molar-refractivity contribution in [2.24, 2.45) is 11.8 Å². The van der Waals surface area contributed by atoms with Crippen molar-refractivity contribution < 1.29 is 9.84 Å². The predicted octanol–water partition coefficient (Wildman–Crippen LogP) is 2.63. The lowest BCUT2D eigenvalue weighted by Crippen LogP contribution is -2.37. The van der Waals surface area contributed by atoms with Crippen LogP contribution in [0.15, 0.2) is 36.7 Å². The molecule has 1 aromatic carbocycles. The van der Waals surface area contributed by atoms with Crippen molar-refractivity contribution in [2.75, 3.05) is 61.6 Å². The number of hydrogen-bond donors (Lipinski definition) is 2. The Morgan fingerprint density at radius 1 is 1.10 bits per heavy atom. The minimum absolute atomic E-state index is 0.247. The monoisotopic (exact) mass is 397 g/mol. The second-order valence-electron chi connectivity index (χ2n) is 8.05. The molecule has 0 bridgehead atoms. The van der Waals surface area contributed by atoms with Crippen molar-refractivity contribution in [3.63, 3.8) is 0 Å². The van der Waals surface area contributed by atoms with Crippen LogP contribution in [-0.2, 0) is 0 Å². The summed E-state index contributed by atoms with van der Waals surface area (Å²) < 4.78 is 5.51. The van der Waals surface area contributed by atoms with E-state index in [2.05, 4.69) is 37.2 Å². The molecule has 2 unspecified atom stereocenters. The summed E-state index contributed by atoms with van der Waals surface area (Å²) in [6.07, 6.45) is 4.97. The maximum atomic E-state index is 9.47. The van der Waals surface area contributed by atoms with Gasteiger partial charge >= 0.3 is 0 Å². The fourth-order valence-electron chi connectivity index (χ4n) is 4.40. The van der Waals surface area contributed by atoms with E-state index in [1.54, 1.807) is 13.4 Å². The molecule has 7 heteroatoms. The Labute approximate surface area is 172 Å². The standard InChI is InChI=1S/C22H31N5O2/c1-29-20-7-3-2-6-19(20)26-10-8-17(13-26)12-23-21-11-22(25-16-24-21)27-9-4-5-18(14-27)15-28/h2-3,6-7,11,16-18,28H,4-5,8-10,12-15H2,1H3,(H,23,24,25). The molecular formula is C22H31N5O2. The zero-order chi connectivity index (χ0) is 20.1. The highest BCUT2D eigenvalue weighted by molar-refractivity contribution is 5.59. The van der Waals surface area contributed by atoms with E-state index >= 15 is 0 Å². The van der Waals surface area contributed by atoms with Gasteiger partial charge in [-0.3, -0.25) is 0 Å². The highest BCUT2D eigenvalue weighted by Crippen LogP contribution is 2.32. The van der Waals surface area contributed by atoms with Crippen LogP contribution < -0.4 is 19.9 Å². The number of aliphatic hydroxyl groups is 1. The highest BCUT2D eigenvalue weighted by Gasteiger charge is 2.25. The maximum absolute atomic E-state index is 9.47. The van der Waals surface area contributed by atoms with E-state index in [9.17, 15) is 5.11 Å². The van der Waals surface area contributed by atoms with Gasteiger partial charge in [0.2, 0.25) is 0 Å². The quantitative estimate of drug-likeness (QED) is 0.744. The molecule has 7 nitrogen and oxygen atoms in total. The van der Waals surface area contributed by atoms with Gasteiger partial charge in [-0.2, -0.15) is 0 Å². The van der Waals surface area contributed by atoms with Crippen molar-refractivity contribution in [1.29, 1.82) is 0 Å². The third kappa shape index (κ3) is 4.72. The number of nitrogens with one attached hydrogen (secondary N) is 1. The predicted molar refractivity (Wildman–Crippen MR) is 116 cm³/mol. The molecule has 2 atom stereocenters. The zero-order valence-corrected chi connectivity index (χ0v) is 17.1. The molecule has 2 aliphatic rings. The summed E-state index contributed by atoms with van der Waals surface area (Å²) >= 11 is 0. The van der Waals surface area contributed by atoms with Gasteiger partial charge in [0, 0.05) is 45.4 Å². The van der Waals surface area contributed by atoms with Gasteiger partial charge in [0.25, 0.3) is 0 Å². The van der Waals surface area contributed by atoms with Crippen molar-refractivity contribution in [3.05, 3.63) is 36.7 Å². The molecule has 4 rings (SSSR count). The van der Waals surface area contributed by atoms with E-state index in [1.165, 1.54) is 5.69 Å². The number of piperidine rings is 1. The average Bonchev–Trinajstić information content (AvgIpc) is 3.27. The van der Waals surface area contributed by atoms with Crippen molar-refractivity contribution in [3.8, 4) is 5.75 Å². The second kappa shape index (κ2) is 9.31. The first kappa shape index (κ1) is 19.8. The lowest BCUT2D eigenvalue weighted by molar-refractivity contribution is 0.208. The lowest BCUT2D eigenvalue weighted by atomic mass is 9.99. The Hall–Kier alpha value is -2.54. The fourth-order valence-corrected chi connectivity index (χ4v) is 4.40. The van der Waals surface area contributed by atoms with Crippen LogP contribution in [0, 0.1) is 11.8 Å². The Morgan fingerprint density at radius 3 is 2.83 bits per heavy atom. The van der Waals surface area contributed by atoms with E-state index in [-0.39, 0.29) is 6.61 Å². The molecule has 156 valence electrons. The summed E-state index contributed by atoms with van der Waals surface area (Å²) in [4.78, 5) is 13.5. The van der Waals surface area contributed by atoms with E-state index in [0.717, 1.165) is 69.4 Å². The fraction of sp³-hybridized carbons (Fsp3) is 0.545. The SMILES string of the molecule is COc1ccccc1N1CCC(CNc2cc(N3CCCC(CO)C3)ncn2)C1. The number of benzene rings is 1. The Bertz CT molecular complexity index is 802.